The van der Waals surface area contributed by atoms with Gasteiger partial charge < -0.3 is 25.2 Å². The molecule has 0 spiro atoms. The minimum Gasteiger partial charge on any atom is -0.479 e. The molecule has 5 atom stereocenters. The fourth-order valence-electron chi connectivity index (χ4n) is 1.21. The molecule has 1 rings (SSSR count). The Balaban J connectivity index is 2.89. The SMILES string of the molecule is [N-]=[N+]=NC1OC(C(=O)O)C(O)C(O)C1O. The molecule has 5 unspecified atom stereocenters. The number of rotatable bonds is 2. The summed E-state index contributed by atoms with van der Waals surface area (Å²) in [6.07, 6.45) is -8.45. The fourth-order valence-corrected chi connectivity index (χ4v) is 1.21. The van der Waals surface area contributed by atoms with Crippen LogP contribution in [-0.2, 0) is 9.53 Å². The molecule has 0 amide bonds. The van der Waals surface area contributed by atoms with Gasteiger partial charge >= 0.3 is 5.97 Å². The highest BCUT2D eigenvalue weighted by atomic mass is 16.6. The van der Waals surface area contributed by atoms with Crippen molar-refractivity contribution in [3.8, 4) is 0 Å². The molecule has 84 valence electrons. The van der Waals surface area contributed by atoms with Crippen molar-refractivity contribution in [3.63, 3.8) is 0 Å². The van der Waals surface area contributed by atoms with Crippen LogP contribution in [0.3, 0.4) is 0 Å². The second kappa shape index (κ2) is 4.43. The molecule has 0 aromatic carbocycles. The normalized spacial score (nSPS) is 40.6. The summed E-state index contributed by atoms with van der Waals surface area (Å²) in [5.74, 6) is -1.52. The molecule has 1 aliphatic rings. The molecule has 1 aliphatic heterocycles. The lowest BCUT2D eigenvalue weighted by atomic mass is 9.98. The average Bonchev–Trinajstić information content (AvgIpc) is 2.18. The Morgan fingerprint density at radius 3 is 2.33 bits per heavy atom. The molecule has 1 fully saturated rings. The molecular weight excluding hydrogens is 210 g/mol. The Kier molecular flexibility index (Phi) is 3.45. The minimum atomic E-state index is -1.78. The third-order valence-corrected chi connectivity index (χ3v) is 2.00. The van der Waals surface area contributed by atoms with Gasteiger partial charge in [-0.2, -0.15) is 0 Å². The highest BCUT2D eigenvalue weighted by molar-refractivity contribution is 5.73. The van der Waals surface area contributed by atoms with Crippen LogP contribution in [0.15, 0.2) is 5.11 Å². The van der Waals surface area contributed by atoms with E-state index in [1.807, 2.05) is 0 Å². The Bertz CT molecular complexity index is 289. The first-order valence-corrected chi connectivity index (χ1v) is 3.95. The van der Waals surface area contributed by atoms with Gasteiger partial charge in [0.2, 0.25) is 0 Å². The zero-order valence-electron chi connectivity index (χ0n) is 7.33. The molecule has 9 heteroatoms. The number of carboxylic acid groups (broad SMARTS) is 1. The Labute approximate surface area is 83.1 Å². The van der Waals surface area contributed by atoms with Crippen molar-refractivity contribution in [1.29, 1.82) is 0 Å². The van der Waals surface area contributed by atoms with E-state index >= 15 is 0 Å². The zero-order valence-corrected chi connectivity index (χ0v) is 7.33. The summed E-state index contributed by atoms with van der Waals surface area (Å²) in [6, 6.07) is 0. The van der Waals surface area contributed by atoms with Crippen LogP contribution in [0.4, 0.5) is 0 Å². The first-order valence-electron chi connectivity index (χ1n) is 3.95. The van der Waals surface area contributed by atoms with E-state index in [1.54, 1.807) is 0 Å². The summed E-state index contributed by atoms with van der Waals surface area (Å²) in [5, 5.41) is 39.2. The summed E-state index contributed by atoms with van der Waals surface area (Å²) in [7, 11) is 0. The maximum absolute atomic E-state index is 10.6. The van der Waals surface area contributed by atoms with Gasteiger partial charge in [-0.05, 0) is 5.53 Å². The minimum absolute atomic E-state index is 1.52. The molecule has 0 bridgehead atoms. The lowest BCUT2D eigenvalue weighted by Gasteiger charge is -2.36. The maximum Gasteiger partial charge on any atom is 0.335 e. The number of aliphatic hydroxyl groups excluding tert-OH is 3. The second-order valence-corrected chi connectivity index (χ2v) is 2.96. The van der Waals surface area contributed by atoms with E-state index in [4.69, 9.17) is 10.6 Å². The molecule has 9 nitrogen and oxygen atoms in total. The van der Waals surface area contributed by atoms with Gasteiger partial charge in [-0.15, -0.1) is 0 Å². The number of aliphatic carboxylic acids is 1. The summed E-state index contributed by atoms with van der Waals surface area (Å²) >= 11 is 0. The van der Waals surface area contributed by atoms with Crippen LogP contribution in [-0.4, -0.2) is 57.0 Å². The largest absolute Gasteiger partial charge is 0.479 e. The van der Waals surface area contributed by atoms with Crippen LogP contribution in [0.5, 0.6) is 0 Å². The lowest BCUT2D eigenvalue weighted by molar-refractivity contribution is -0.226. The Morgan fingerprint density at radius 1 is 1.27 bits per heavy atom. The third-order valence-electron chi connectivity index (χ3n) is 2.00. The van der Waals surface area contributed by atoms with Crippen molar-refractivity contribution < 1.29 is 30.0 Å². The van der Waals surface area contributed by atoms with Crippen molar-refractivity contribution in [1.82, 2.24) is 0 Å². The second-order valence-electron chi connectivity index (χ2n) is 2.96. The topological polar surface area (TPSA) is 156 Å². The van der Waals surface area contributed by atoms with E-state index in [0.29, 0.717) is 0 Å². The van der Waals surface area contributed by atoms with Crippen molar-refractivity contribution in [2.45, 2.75) is 30.6 Å². The number of azide groups is 1. The smallest absolute Gasteiger partial charge is 0.335 e. The van der Waals surface area contributed by atoms with Gasteiger partial charge in [-0.1, -0.05) is 5.11 Å². The maximum atomic E-state index is 10.6. The Hall–Kier alpha value is -1.38. The van der Waals surface area contributed by atoms with Crippen LogP contribution in [0.25, 0.3) is 10.4 Å². The van der Waals surface area contributed by atoms with E-state index in [-0.39, 0.29) is 0 Å². The number of carboxylic acids is 1. The summed E-state index contributed by atoms with van der Waals surface area (Å²) in [6.45, 7) is 0. The summed E-state index contributed by atoms with van der Waals surface area (Å²) in [4.78, 5) is 12.9. The first kappa shape index (κ1) is 11.7. The number of hydrogen-bond acceptors (Lipinski definition) is 6. The fraction of sp³-hybridized carbons (Fsp3) is 0.833. The third kappa shape index (κ3) is 2.17. The monoisotopic (exact) mass is 219 g/mol. The van der Waals surface area contributed by atoms with Crippen molar-refractivity contribution in [2.75, 3.05) is 0 Å². The average molecular weight is 219 g/mol. The van der Waals surface area contributed by atoms with Crippen LogP contribution in [0.1, 0.15) is 0 Å². The molecule has 0 aliphatic carbocycles. The highest BCUT2D eigenvalue weighted by Crippen LogP contribution is 2.22. The molecule has 4 N–H and O–H groups in total. The predicted octanol–water partition coefficient (Wildman–Crippen LogP) is -1.81. The standard InChI is InChI=1S/C6H9N3O6/c7-9-8-5-3(12)1(10)2(11)4(15-5)6(13)14/h1-5,10-12H,(H,13,14). The number of ether oxygens (including phenoxy) is 1. The quantitative estimate of drug-likeness (QED) is 0.243. The number of carbonyl (C=O) groups is 1. The van der Waals surface area contributed by atoms with Gasteiger partial charge in [0.25, 0.3) is 0 Å². The van der Waals surface area contributed by atoms with Crippen LogP contribution < -0.4 is 0 Å². The Morgan fingerprint density at radius 2 is 1.87 bits per heavy atom. The van der Waals surface area contributed by atoms with Crippen molar-refractivity contribution in [2.24, 2.45) is 5.11 Å². The molecule has 0 aromatic rings. The van der Waals surface area contributed by atoms with Crippen LogP contribution in [0.2, 0.25) is 0 Å². The predicted molar refractivity (Wildman–Crippen MR) is 43.5 cm³/mol. The van der Waals surface area contributed by atoms with E-state index < -0.39 is 36.6 Å². The van der Waals surface area contributed by atoms with E-state index in [9.17, 15) is 20.1 Å². The van der Waals surface area contributed by atoms with Gasteiger partial charge in [-0.3, -0.25) is 0 Å². The van der Waals surface area contributed by atoms with Crippen molar-refractivity contribution >= 4 is 5.97 Å². The molecule has 15 heavy (non-hydrogen) atoms. The zero-order chi connectivity index (χ0) is 11.6. The van der Waals surface area contributed by atoms with Gasteiger partial charge in [-0.25, -0.2) is 4.79 Å². The van der Waals surface area contributed by atoms with Gasteiger partial charge in [0, 0.05) is 4.91 Å². The molecular formula is C6H9N3O6. The van der Waals surface area contributed by atoms with Gasteiger partial charge in [0.1, 0.15) is 18.3 Å². The van der Waals surface area contributed by atoms with E-state index in [1.165, 1.54) is 0 Å². The van der Waals surface area contributed by atoms with Crippen molar-refractivity contribution in [3.05, 3.63) is 10.4 Å². The highest BCUT2D eigenvalue weighted by Gasteiger charge is 2.46. The molecule has 1 heterocycles. The number of hydrogen-bond donors (Lipinski definition) is 4. The summed E-state index contributed by atoms with van der Waals surface area (Å²) < 4.78 is 4.60. The summed E-state index contributed by atoms with van der Waals surface area (Å²) in [5.41, 5.74) is 8.09. The molecule has 0 aromatic heterocycles. The first-order chi connectivity index (χ1) is 6.99. The van der Waals surface area contributed by atoms with Gasteiger partial charge in [0.05, 0.1) is 0 Å². The van der Waals surface area contributed by atoms with Gasteiger partial charge in [0.15, 0.2) is 12.3 Å². The number of nitrogens with zero attached hydrogens (tertiary/aromatic N) is 3. The van der Waals surface area contributed by atoms with Crippen LogP contribution in [0, 0.1) is 0 Å². The lowest BCUT2D eigenvalue weighted by Crippen LogP contribution is -2.59. The van der Waals surface area contributed by atoms with Crippen LogP contribution >= 0.6 is 0 Å². The molecule has 0 radical (unpaired) electrons. The molecule has 1 saturated heterocycles. The van der Waals surface area contributed by atoms with E-state index in [0.717, 1.165) is 0 Å². The molecule has 0 saturated carbocycles. The van der Waals surface area contributed by atoms with E-state index in [2.05, 4.69) is 14.8 Å². The number of aliphatic hydroxyl groups is 3.